The number of carbonyl (C=O) groups is 1. The molecule has 1 fully saturated rings. The Morgan fingerprint density at radius 3 is 2.62 bits per heavy atom. The number of urea groups is 1. The molecule has 2 aromatic carbocycles. The maximum atomic E-state index is 12.5. The van der Waals surface area contributed by atoms with Crippen LogP contribution in [0.25, 0.3) is 10.9 Å². The van der Waals surface area contributed by atoms with E-state index in [1.807, 2.05) is 11.0 Å². The number of amides is 2. The Hall–Kier alpha value is -2.17. The number of carbonyl (C=O) groups excluding carboxylic acids is 1. The van der Waals surface area contributed by atoms with E-state index in [9.17, 15) is 4.79 Å². The number of hydrogen-bond acceptors (Lipinski definition) is 1. The van der Waals surface area contributed by atoms with Gasteiger partial charge in [-0.15, -0.1) is 0 Å². The minimum absolute atomic E-state index is 0.0965. The van der Waals surface area contributed by atoms with Gasteiger partial charge in [0.05, 0.1) is 10.0 Å². The monoisotopic (exact) mass is 387 g/mol. The highest BCUT2D eigenvalue weighted by atomic mass is 35.5. The number of likely N-dealkylation sites (tertiary alicyclic amines) is 1. The van der Waals surface area contributed by atoms with Crippen LogP contribution in [-0.2, 0) is 0 Å². The number of hydrogen-bond donors (Lipinski definition) is 2. The molecule has 4 rings (SSSR count). The molecule has 0 aliphatic carbocycles. The number of nitrogens with one attached hydrogen (secondary N) is 2. The molecule has 3 aromatic rings. The van der Waals surface area contributed by atoms with Crippen molar-refractivity contribution in [2.24, 2.45) is 0 Å². The minimum Gasteiger partial charge on any atom is -0.361 e. The highest BCUT2D eigenvalue weighted by Crippen LogP contribution is 2.33. The Bertz CT molecular complexity index is 945. The van der Waals surface area contributed by atoms with Gasteiger partial charge in [-0.3, -0.25) is 0 Å². The first kappa shape index (κ1) is 17.3. The van der Waals surface area contributed by atoms with Crippen LogP contribution in [0, 0.1) is 0 Å². The van der Waals surface area contributed by atoms with Gasteiger partial charge in [-0.2, -0.15) is 0 Å². The standard InChI is InChI=1S/C20H19Cl2N3O/c21-17-6-5-14(11-18(17)22)24-20(26)25-9-7-13(8-10-25)16-12-23-19-4-2-1-3-15(16)19/h1-6,11-13,23H,7-10H2,(H,24,26). The lowest BCUT2D eigenvalue weighted by Gasteiger charge is -2.32. The van der Waals surface area contributed by atoms with E-state index in [4.69, 9.17) is 23.2 Å². The highest BCUT2D eigenvalue weighted by Gasteiger charge is 2.25. The summed E-state index contributed by atoms with van der Waals surface area (Å²) >= 11 is 11.9. The van der Waals surface area contributed by atoms with Crippen molar-refractivity contribution in [1.29, 1.82) is 0 Å². The zero-order valence-electron chi connectivity index (χ0n) is 14.1. The summed E-state index contributed by atoms with van der Waals surface area (Å²) in [5.41, 5.74) is 3.18. The molecule has 26 heavy (non-hydrogen) atoms. The smallest absolute Gasteiger partial charge is 0.321 e. The average Bonchev–Trinajstić information content (AvgIpc) is 3.09. The number of para-hydroxylation sites is 1. The number of piperidine rings is 1. The zero-order valence-corrected chi connectivity index (χ0v) is 15.6. The summed E-state index contributed by atoms with van der Waals surface area (Å²) < 4.78 is 0. The van der Waals surface area contributed by atoms with Crippen LogP contribution in [-0.4, -0.2) is 29.0 Å². The van der Waals surface area contributed by atoms with Crippen LogP contribution in [0.4, 0.5) is 10.5 Å². The molecule has 1 aromatic heterocycles. The Morgan fingerprint density at radius 2 is 1.85 bits per heavy atom. The Balaban J connectivity index is 1.40. The van der Waals surface area contributed by atoms with Crippen molar-refractivity contribution in [2.75, 3.05) is 18.4 Å². The molecule has 1 aliphatic heterocycles. The summed E-state index contributed by atoms with van der Waals surface area (Å²) in [5.74, 6) is 0.472. The average molecular weight is 388 g/mol. The lowest BCUT2D eigenvalue weighted by molar-refractivity contribution is 0.195. The molecular weight excluding hydrogens is 369 g/mol. The predicted molar refractivity (Wildman–Crippen MR) is 107 cm³/mol. The van der Waals surface area contributed by atoms with Gasteiger partial charge in [0.15, 0.2) is 0 Å². The third-order valence-corrected chi connectivity index (χ3v) is 5.75. The van der Waals surface area contributed by atoms with Crippen molar-refractivity contribution in [3.8, 4) is 0 Å². The summed E-state index contributed by atoms with van der Waals surface area (Å²) in [6, 6.07) is 13.4. The van der Waals surface area contributed by atoms with Gasteiger partial charge >= 0.3 is 6.03 Å². The van der Waals surface area contributed by atoms with Crippen molar-refractivity contribution >= 4 is 45.8 Å². The molecule has 2 amide bonds. The number of anilines is 1. The number of nitrogens with zero attached hydrogens (tertiary/aromatic N) is 1. The molecule has 2 N–H and O–H groups in total. The fraction of sp³-hybridized carbons (Fsp3) is 0.250. The SMILES string of the molecule is O=C(Nc1ccc(Cl)c(Cl)c1)N1CCC(c2c[nH]c3ccccc23)CC1. The van der Waals surface area contributed by atoms with Gasteiger partial charge in [-0.25, -0.2) is 4.79 Å². The maximum Gasteiger partial charge on any atom is 0.321 e. The van der Waals surface area contributed by atoms with Gasteiger partial charge in [0.1, 0.15) is 0 Å². The second-order valence-corrected chi connectivity index (χ2v) is 7.42. The molecule has 0 saturated carbocycles. The Labute approximate surface area is 162 Å². The van der Waals surface area contributed by atoms with Gasteiger partial charge in [-0.05, 0) is 48.6 Å². The maximum absolute atomic E-state index is 12.5. The van der Waals surface area contributed by atoms with Crippen LogP contribution < -0.4 is 5.32 Å². The van der Waals surface area contributed by atoms with Crippen LogP contribution in [0.15, 0.2) is 48.7 Å². The van der Waals surface area contributed by atoms with Crippen LogP contribution in [0.5, 0.6) is 0 Å². The van der Waals surface area contributed by atoms with Gasteiger partial charge in [-0.1, -0.05) is 41.4 Å². The molecular formula is C20H19Cl2N3O. The molecule has 1 aliphatic rings. The quantitative estimate of drug-likeness (QED) is 0.565. The third-order valence-electron chi connectivity index (χ3n) is 5.01. The number of benzene rings is 2. The van der Waals surface area contributed by atoms with Gasteiger partial charge in [0.2, 0.25) is 0 Å². The fourth-order valence-electron chi connectivity index (χ4n) is 3.60. The molecule has 4 nitrogen and oxygen atoms in total. The molecule has 0 spiro atoms. The van der Waals surface area contributed by atoms with E-state index < -0.39 is 0 Å². The van der Waals surface area contributed by atoms with Gasteiger partial charge in [0.25, 0.3) is 0 Å². The molecule has 0 bridgehead atoms. The van der Waals surface area contributed by atoms with Crippen LogP contribution >= 0.6 is 23.2 Å². The van der Waals surface area contributed by atoms with Crippen molar-refractivity contribution in [3.05, 3.63) is 64.3 Å². The summed E-state index contributed by atoms with van der Waals surface area (Å²) in [5, 5.41) is 5.09. The second-order valence-electron chi connectivity index (χ2n) is 6.61. The number of H-pyrrole nitrogens is 1. The van der Waals surface area contributed by atoms with E-state index in [1.165, 1.54) is 16.5 Å². The zero-order chi connectivity index (χ0) is 18.1. The summed E-state index contributed by atoms with van der Waals surface area (Å²) in [6.07, 6.45) is 4.02. The van der Waals surface area contributed by atoms with Crippen molar-refractivity contribution in [1.82, 2.24) is 9.88 Å². The summed E-state index contributed by atoms with van der Waals surface area (Å²) in [7, 11) is 0. The molecule has 2 heterocycles. The lowest BCUT2D eigenvalue weighted by atomic mass is 9.89. The fourth-order valence-corrected chi connectivity index (χ4v) is 3.90. The second kappa shape index (κ2) is 7.22. The van der Waals surface area contributed by atoms with Crippen molar-refractivity contribution in [2.45, 2.75) is 18.8 Å². The first-order valence-electron chi connectivity index (χ1n) is 8.69. The molecule has 0 atom stereocenters. The molecule has 134 valence electrons. The highest BCUT2D eigenvalue weighted by molar-refractivity contribution is 6.42. The number of aromatic amines is 1. The van der Waals surface area contributed by atoms with Crippen LogP contribution in [0.2, 0.25) is 10.0 Å². The van der Waals surface area contributed by atoms with Crippen molar-refractivity contribution < 1.29 is 4.79 Å². The van der Waals surface area contributed by atoms with E-state index in [0.717, 1.165) is 25.9 Å². The normalized spacial score (nSPS) is 15.4. The first-order chi connectivity index (χ1) is 12.6. The van der Waals surface area contributed by atoms with E-state index in [-0.39, 0.29) is 6.03 Å². The molecule has 6 heteroatoms. The lowest BCUT2D eigenvalue weighted by Crippen LogP contribution is -2.40. The van der Waals surface area contributed by atoms with E-state index in [2.05, 4.69) is 34.7 Å². The van der Waals surface area contributed by atoms with Crippen LogP contribution in [0.3, 0.4) is 0 Å². The summed E-state index contributed by atoms with van der Waals surface area (Å²) in [6.45, 7) is 1.47. The summed E-state index contributed by atoms with van der Waals surface area (Å²) in [4.78, 5) is 17.7. The van der Waals surface area contributed by atoms with E-state index in [0.29, 0.717) is 21.7 Å². The number of rotatable bonds is 2. The van der Waals surface area contributed by atoms with E-state index in [1.54, 1.807) is 18.2 Å². The van der Waals surface area contributed by atoms with Crippen molar-refractivity contribution in [3.63, 3.8) is 0 Å². The Morgan fingerprint density at radius 1 is 1.08 bits per heavy atom. The Kier molecular flexibility index (Phi) is 4.79. The number of aromatic nitrogens is 1. The number of halogens is 2. The van der Waals surface area contributed by atoms with E-state index >= 15 is 0 Å². The van der Waals surface area contributed by atoms with Crippen LogP contribution in [0.1, 0.15) is 24.3 Å². The van der Waals surface area contributed by atoms with Gasteiger partial charge in [0, 0.05) is 35.9 Å². The predicted octanol–water partition coefficient (Wildman–Crippen LogP) is 5.89. The molecule has 0 radical (unpaired) electrons. The minimum atomic E-state index is -0.0965. The largest absolute Gasteiger partial charge is 0.361 e. The topological polar surface area (TPSA) is 48.1 Å². The number of fused-ring (bicyclic) bond motifs is 1. The van der Waals surface area contributed by atoms with Gasteiger partial charge < -0.3 is 15.2 Å². The third kappa shape index (κ3) is 3.39. The molecule has 0 unspecified atom stereocenters. The molecule has 1 saturated heterocycles. The first-order valence-corrected chi connectivity index (χ1v) is 9.44.